The lowest BCUT2D eigenvalue weighted by molar-refractivity contribution is -0.384. The van der Waals surface area contributed by atoms with E-state index in [0.29, 0.717) is 40.0 Å². The predicted octanol–water partition coefficient (Wildman–Crippen LogP) is 6.68. The molecule has 1 saturated heterocycles. The Balaban J connectivity index is 1.24. The lowest BCUT2D eigenvalue weighted by atomic mass is 9.44. The number of nitro groups is 1. The Labute approximate surface area is 303 Å². The quantitative estimate of drug-likeness (QED) is 0.105. The fourth-order valence-electron chi connectivity index (χ4n) is 9.69. The van der Waals surface area contributed by atoms with Gasteiger partial charge in [0.05, 0.1) is 34.1 Å². The molecule has 4 aromatic carbocycles. The molecule has 4 aromatic rings. The maximum atomic E-state index is 15.2. The van der Waals surface area contributed by atoms with Crippen molar-refractivity contribution < 1.29 is 33.9 Å². The van der Waals surface area contributed by atoms with Gasteiger partial charge >= 0.3 is 0 Å². The molecule has 2 heterocycles. The first-order chi connectivity index (χ1) is 25.7. The second kappa shape index (κ2) is 12.1. The number of benzene rings is 4. The maximum absolute atomic E-state index is 15.2. The van der Waals surface area contributed by atoms with Gasteiger partial charge in [-0.2, -0.15) is 0 Å². The van der Waals surface area contributed by atoms with E-state index < -0.39 is 51.7 Å². The Morgan fingerprint density at radius 1 is 0.849 bits per heavy atom. The Morgan fingerprint density at radius 3 is 2.36 bits per heavy atom. The molecule has 3 aliphatic carbocycles. The third-order valence-corrected chi connectivity index (χ3v) is 11.8. The van der Waals surface area contributed by atoms with E-state index in [4.69, 9.17) is 4.74 Å². The van der Waals surface area contributed by atoms with E-state index in [1.165, 1.54) is 36.4 Å². The monoisotopic (exact) mass is 704 g/mol. The number of anilines is 1. The van der Waals surface area contributed by atoms with Gasteiger partial charge < -0.3 is 9.84 Å². The van der Waals surface area contributed by atoms with Gasteiger partial charge in [-0.1, -0.05) is 78.4 Å². The number of Topliss-reactive ketones (excluding diaryl/α,β-unsaturated/α-hetero) is 1. The fraction of sp³-hybridized carbons (Fsp3) is 0.209. The number of hydrogen-bond donors (Lipinski definition) is 1. The van der Waals surface area contributed by atoms with E-state index in [1.807, 2.05) is 54.6 Å². The van der Waals surface area contributed by atoms with Crippen molar-refractivity contribution >= 4 is 40.3 Å². The molecule has 0 spiro atoms. The Kier molecular flexibility index (Phi) is 7.41. The van der Waals surface area contributed by atoms with Crippen LogP contribution in [0.3, 0.4) is 0 Å². The van der Waals surface area contributed by atoms with Crippen molar-refractivity contribution in [3.63, 3.8) is 0 Å². The van der Waals surface area contributed by atoms with E-state index in [9.17, 15) is 24.8 Å². The molecule has 9 rings (SSSR count). The van der Waals surface area contributed by atoms with Crippen LogP contribution in [0, 0.1) is 39.7 Å². The van der Waals surface area contributed by atoms with Crippen molar-refractivity contribution in [1.29, 1.82) is 0 Å². The molecule has 5 aliphatic rings. The van der Waals surface area contributed by atoms with E-state index in [-0.39, 0.29) is 41.5 Å². The largest absolute Gasteiger partial charge is 0.508 e. The van der Waals surface area contributed by atoms with Crippen LogP contribution < -0.4 is 9.64 Å². The second-order valence-corrected chi connectivity index (χ2v) is 14.4. The SMILES string of the molecule is O=C1C(c2ccccc2)=CC(=O)C2(c3ccccc3)C1CC1C(=CCC3C(=O)N(c4cccc([N+](=O)[O-])c4)C(=O)C31)C2C1=COc2ccc(O)cc2C1. The lowest BCUT2D eigenvalue weighted by Gasteiger charge is -2.56. The van der Waals surface area contributed by atoms with Crippen LogP contribution in [0.15, 0.2) is 133 Å². The number of rotatable bonds is 5. The highest BCUT2D eigenvalue weighted by Crippen LogP contribution is 2.63. The summed E-state index contributed by atoms with van der Waals surface area (Å²) in [6.45, 7) is 0. The molecular weight excluding hydrogens is 672 g/mol. The standard InChI is InChI=1S/C43H32N2O8/c46-30-14-17-36-25(19-30)18-26(23-53-36)39-31-15-16-32-38(42(50)44(41(32)49)28-12-7-13-29(20-28)45(51)52)34(31)21-35-40(48)33(24-8-3-1-4-9-24)22-37(47)43(35,39)27-10-5-2-6-11-27/h1-15,17,19-20,22-23,32,34-35,38-39,46H,16,18,21H2. The highest BCUT2D eigenvalue weighted by molar-refractivity contribution is 6.31. The number of hydrogen-bond acceptors (Lipinski definition) is 8. The lowest BCUT2D eigenvalue weighted by Crippen LogP contribution is -2.60. The highest BCUT2D eigenvalue weighted by Gasteiger charge is 2.66. The molecule has 6 atom stereocenters. The first-order valence-electron chi connectivity index (χ1n) is 17.6. The van der Waals surface area contributed by atoms with Crippen LogP contribution in [0.1, 0.15) is 29.5 Å². The van der Waals surface area contributed by atoms with Gasteiger partial charge in [-0.25, -0.2) is 4.90 Å². The number of phenols is 1. The Hall–Kier alpha value is -6.42. The molecule has 10 heteroatoms. The normalized spacial score (nSPS) is 27.4. The van der Waals surface area contributed by atoms with Gasteiger partial charge in [0.1, 0.15) is 11.5 Å². The molecule has 53 heavy (non-hydrogen) atoms. The molecule has 2 aliphatic heterocycles. The first-order valence-corrected chi connectivity index (χ1v) is 17.6. The van der Waals surface area contributed by atoms with Crippen LogP contribution in [0.2, 0.25) is 0 Å². The first kappa shape index (κ1) is 32.5. The third kappa shape index (κ3) is 4.78. The van der Waals surface area contributed by atoms with Crippen molar-refractivity contribution in [2.45, 2.75) is 24.7 Å². The van der Waals surface area contributed by atoms with Crippen LogP contribution in [-0.4, -0.2) is 33.4 Å². The van der Waals surface area contributed by atoms with Crippen LogP contribution in [0.25, 0.3) is 5.57 Å². The van der Waals surface area contributed by atoms with Gasteiger partial charge in [0.25, 0.3) is 5.69 Å². The maximum Gasteiger partial charge on any atom is 0.271 e. The van der Waals surface area contributed by atoms with E-state index in [0.717, 1.165) is 10.5 Å². The number of carbonyl (C=O) groups is 4. The Morgan fingerprint density at radius 2 is 1.60 bits per heavy atom. The van der Waals surface area contributed by atoms with Crippen LogP contribution >= 0.6 is 0 Å². The predicted molar refractivity (Wildman–Crippen MR) is 193 cm³/mol. The number of aromatic hydroxyl groups is 1. The van der Waals surface area contributed by atoms with Gasteiger partial charge in [-0.15, -0.1) is 0 Å². The minimum Gasteiger partial charge on any atom is -0.508 e. The van der Waals surface area contributed by atoms with Crippen molar-refractivity contribution in [3.8, 4) is 11.5 Å². The molecule has 1 N–H and O–H groups in total. The van der Waals surface area contributed by atoms with Crippen LogP contribution in [0.4, 0.5) is 11.4 Å². The van der Waals surface area contributed by atoms with E-state index in [1.54, 1.807) is 30.5 Å². The van der Waals surface area contributed by atoms with Crippen molar-refractivity contribution in [2.24, 2.45) is 29.6 Å². The molecule has 2 fully saturated rings. The molecule has 1 saturated carbocycles. The zero-order chi connectivity index (χ0) is 36.6. The summed E-state index contributed by atoms with van der Waals surface area (Å²) in [7, 11) is 0. The number of imide groups is 1. The third-order valence-electron chi connectivity index (χ3n) is 11.8. The summed E-state index contributed by atoms with van der Waals surface area (Å²) in [5, 5.41) is 22.1. The topological polar surface area (TPSA) is 144 Å². The summed E-state index contributed by atoms with van der Waals surface area (Å²) < 4.78 is 6.17. The number of phenolic OH excluding ortho intramolecular Hbond substituents is 1. The van der Waals surface area contributed by atoms with Gasteiger partial charge in [-0.05, 0) is 65.8 Å². The summed E-state index contributed by atoms with van der Waals surface area (Å²) >= 11 is 0. The van der Waals surface area contributed by atoms with Gasteiger partial charge in [-0.3, -0.25) is 29.3 Å². The summed E-state index contributed by atoms with van der Waals surface area (Å²) in [6.07, 6.45) is 5.70. The molecule has 0 aromatic heterocycles. The van der Waals surface area contributed by atoms with Gasteiger partial charge in [0.15, 0.2) is 11.6 Å². The molecular formula is C43H32N2O8. The number of nitro benzene ring substituents is 1. The van der Waals surface area contributed by atoms with Crippen molar-refractivity contribution in [1.82, 2.24) is 0 Å². The summed E-state index contributed by atoms with van der Waals surface area (Å²) in [4.78, 5) is 71.1. The zero-order valence-corrected chi connectivity index (χ0v) is 28.3. The average Bonchev–Trinajstić information content (AvgIpc) is 3.44. The smallest absolute Gasteiger partial charge is 0.271 e. The molecule has 2 amide bonds. The molecule has 6 unspecified atom stereocenters. The summed E-state index contributed by atoms with van der Waals surface area (Å²) in [5.74, 6) is -4.70. The number of ketones is 2. The molecule has 0 bridgehead atoms. The highest BCUT2D eigenvalue weighted by atomic mass is 16.6. The van der Waals surface area contributed by atoms with Crippen LogP contribution in [0.5, 0.6) is 11.5 Å². The number of amides is 2. The Bertz CT molecular complexity index is 2360. The van der Waals surface area contributed by atoms with E-state index in [2.05, 4.69) is 0 Å². The number of fused-ring (bicyclic) bond motifs is 5. The number of non-ortho nitro benzene ring substituents is 1. The minimum atomic E-state index is -1.42. The number of ether oxygens (including phenoxy) is 1. The van der Waals surface area contributed by atoms with Crippen LogP contribution in [-0.2, 0) is 31.0 Å². The molecule has 10 nitrogen and oxygen atoms in total. The number of carbonyl (C=O) groups excluding carboxylic acids is 4. The average molecular weight is 705 g/mol. The summed E-state index contributed by atoms with van der Waals surface area (Å²) in [5.41, 5.74) is 2.22. The number of allylic oxidation sites excluding steroid dienone is 5. The fourth-order valence-corrected chi connectivity index (χ4v) is 9.69. The minimum absolute atomic E-state index is 0.0566. The van der Waals surface area contributed by atoms with Crippen molar-refractivity contribution in [3.05, 3.63) is 159 Å². The zero-order valence-electron chi connectivity index (χ0n) is 28.3. The summed E-state index contributed by atoms with van der Waals surface area (Å²) in [6, 6.07) is 28.7. The van der Waals surface area contributed by atoms with Gasteiger partial charge in [0, 0.05) is 41.5 Å². The van der Waals surface area contributed by atoms with Gasteiger partial charge in [0.2, 0.25) is 11.8 Å². The number of nitrogens with zero attached hydrogens (tertiary/aromatic N) is 2. The van der Waals surface area contributed by atoms with Crippen molar-refractivity contribution in [2.75, 3.05) is 4.90 Å². The second-order valence-electron chi connectivity index (χ2n) is 14.4. The molecule has 0 radical (unpaired) electrons. The molecule has 262 valence electrons. The van der Waals surface area contributed by atoms with E-state index >= 15 is 9.59 Å².